The summed E-state index contributed by atoms with van der Waals surface area (Å²) in [6, 6.07) is 12.9. The number of hydrogen-bond donors (Lipinski definition) is 2. The summed E-state index contributed by atoms with van der Waals surface area (Å²) in [6.45, 7) is -0.0554. The van der Waals surface area contributed by atoms with Gasteiger partial charge >= 0.3 is 0 Å². The van der Waals surface area contributed by atoms with Gasteiger partial charge in [-0.05, 0) is 17.7 Å². The van der Waals surface area contributed by atoms with E-state index in [4.69, 9.17) is 0 Å². The first-order chi connectivity index (χ1) is 14.7. The van der Waals surface area contributed by atoms with Gasteiger partial charge in [-0.15, -0.1) is 0 Å². The SMILES string of the molecule is O=[N+]([O-])c1ccc(C2CNN=C2S(=O)(=O)C2CNN=C2S(=O)(=O)c2ccccc2)cc1. The fourth-order valence-electron chi connectivity index (χ4n) is 3.44. The maximum Gasteiger partial charge on any atom is 0.269 e. The quantitative estimate of drug-likeness (QED) is 0.496. The molecular formula is C18H17N5O6S2. The molecule has 0 bridgehead atoms. The van der Waals surface area contributed by atoms with Crippen LogP contribution in [0.3, 0.4) is 0 Å². The second-order valence-electron chi connectivity index (χ2n) is 6.88. The molecule has 0 spiro atoms. The van der Waals surface area contributed by atoms with Crippen LogP contribution in [0.2, 0.25) is 0 Å². The molecule has 0 aliphatic carbocycles. The smallest absolute Gasteiger partial charge is 0.269 e. The Hall–Kier alpha value is -3.32. The molecule has 2 aromatic rings. The second kappa shape index (κ2) is 7.74. The average Bonchev–Trinajstić information content (AvgIpc) is 3.45. The van der Waals surface area contributed by atoms with Gasteiger partial charge in [0.15, 0.2) is 10.1 Å². The number of nitro benzene ring substituents is 1. The van der Waals surface area contributed by atoms with Crippen LogP contribution in [-0.2, 0) is 19.7 Å². The molecule has 13 heteroatoms. The lowest BCUT2D eigenvalue weighted by Crippen LogP contribution is -2.41. The maximum absolute atomic E-state index is 13.4. The summed E-state index contributed by atoms with van der Waals surface area (Å²) in [5.74, 6) is -0.716. The Morgan fingerprint density at radius 2 is 1.48 bits per heavy atom. The van der Waals surface area contributed by atoms with Gasteiger partial charge in [0, 0.05) is 18.7 Å². The normalized spacial score (nSPS) is 21.0. The molecule has 2 aliphatic rings. The molecule has 0 saturated carbocycles. The molecule has 2 heterocycles. The van der Waals surface area contributed by atoms with Gasteiger partial charge in [0.05, 0.1) is 22.3 Å². The Kier molecular flexibility index (Phi) is 5.23. The minimum Gasteiger partial charge on any atom is -0.308 e. The zero-order valence-electron chi connectivity index (χ0n) is 15.9. The van der Waals surface area contributed by atoms with Gasteiger partial charge in [-0.3, -0.25) is 10.1 Å². The van der Waals surface area contributed by atoms with Gasteiger partial charge in [0.1, 0.15) is 5.25 Å². The largest absolute Gasteiger partial charge is 0.308 e. The first-order valence-electron chi connectivity index (χ1n) is 9.12. The summed E-state index contributed by atoms with van der Waals surface area (Å²) >= 11 is 0. The molecule has 0 aromatic heterocycles. The van der Waals surface area contributed by atoms with E-state index in [1.165, 1.54) is 48.5 Å². The highest BCUT2D eigenvalue weighted by molar-refractivity contribution is 8.13. The van der Waals surface area contributed by atoms with Gasteiger partial charge in [-0.2, -0.15) is 10.2 Å². The van der Waals surface area contributed by atoms with Crippen molar-refractivity contribution in [2.24, 2.45) is 10.2 Å². The van der Waals surface area contributed by atoms with Crippen LogP contribution in [0.1, 0.15) is 11.5 Å². The zero-order valence-corrected chi connectivity index (χ0v) is 17.5. The minimum atomic E-state index is -4.22. The molecule has 162 valence electrons. The average molecular weight is 463 g/mol. The lowest BCUT2D eigenvalue weighted by atomic mass is 10.0. The van der Waals surface area contributed by atoms with Crippen LogP contribution in [0, 0.1) is 10.1 Å². The molecule has 2 aliphatic heterocycles. The number of benzene rings is 2. The van der Waals surface area contributed by atoms with Crippen LogP contribution in [0.4, 0.5) is 5.69 Å². The van der Waals surface area contributed by atoms with Crippen molar-refractivity contribution in [2.75, 3.05) is 13.1 Å². The highest BCUT2D eigenvalue weighted by atomic mass is 32.2. The minimum absolute atomic E-state index is 0.0592. The van der Waals surface area contributed by atoms with Crippen molar-refractivity contribution in [1.29, 1.82) is 0 Å². The van der Waals surface area contributed by atoms with Crippen molar-refractivity contribution in [3.63, 3.8) is 0 Å². The van der Waals surface area contributed by atoms with Crippen LogP contribution in [0.15, 0.2) is 69.7 Å². The van der Waals surface area contributed by atoms with E-state index >= 15 is 0 Å². The molecule has 0 saturated heterocycles. The van der Waals surface area contributed by atoms with E-state index in [1.54, 1.807) is 6.07 Å². The van der Waals surface area contributed by atoms with Gasteiger partial charge in [0.25, 0.3) is 5.69 Å². The molecule has 0 radical (unpaired) electrons. The Labute approximate surface area is 177 Å². The summed E-state index contributed by atoms with van der Waals surface area (Å²) in [4.78, 5) is 10.3. The second-order valence-corrected chi connectivity index (χ2v) is 10.8. The topological polar surface area (TPSA) is 160 Å². The van der Waals surface area contributed by atoms with Crippen molar-refractivity contribution < 1.29 is 21.8 Å². The summed E-state index contributed by atoms with van der Waals surface area (Å²) in [7, 11) is -8.36. The molecule has 0 amide bonds. The fourth-order valence-corrected chi connectivity index (χ4v) is 7.28. The zero-order chi connectivity index (χ0) is 22.2. The number of hydrazone groups is 2. The lowest BCUT2D eigenvalue weighted by Gasteiger charge is -2.17. The third-order valence-corrected chi connectivity index (χ3v) is 9.09. The lowest BCUT2D eigenvalue weighted by molar-refractivity contribution is -0.384. The predicted molar refractivity (Wildman–Crippen MR) is 113 cm³/mol. The standard InChI is InChI=1S/C18H17N5O6S2/c24-23(25)13-8-6-12(7-9-13)15-10-19-21-17(15)31(28,29)16-11-20-22-18(16)30(26,27)14-4-2-1-3-5-14/h1-9,15-16,19-20H,10-11H2. The number of rotatable bonds is 4. The first-order valence-corrected chi connectivity index (χ1v) is 12.1. The van der Waals surface area contributed by atoms with E-state index in [1.807, 2.05) is 0 Å². The highest BCUT2D eigenvalue weighted by Crippen LogP contribution is 2.29. The van der Waals surface area contributed by atoms with Crippen molar-refractivity contribution in [3.05, 3.63) is 70.3 Å². The number of nitrogens with one attached hydrogen (secondary N) is 2. The Morgan fingerprint density at radius 1 is 0.871 bits per heavy atom. The molecule has 2 N–H and O–H groups in total. The number of non-ortho nitro benzene ring substituents is 1. The Balaban J connectivity index is 1.67. The summed E-state index contributed by atoms with van der Waals surface area (Å²) in [5.41, 5.74) is 5.50. The maximum atomic E-state index is 13.4. The van der Waals surface area contributed by atoms with Gasteiger partial charge < -0.3 is 10.9 Å². The van der Waals surface area contributed by atoms with Gasteiger partial charge in [-0.1, -0.05) is 30.3 Å². The molecule has 2 atom stereocenters. The van der Waals surface area contributed by atoms with Crippen molar-refractivity contribution in [3.8, 4) is 0 Å². The molecule has 2 unspecified atom stereocenters. The number of sulfone groups is 2. The van der Waals surface area contributed by atoms with Gasteiger partial charge in [-0.25, -0.2) is 16.8 Å². The van der Waals surface area contributed by atoms with Gasteiger partial charge in [0.2, 0.25) is 19.7 Å². The third kappa shape index (κ3) is 3.65. The van der Waals surface area contributed by atoms with E-state index in [2.05, 4.69) is 21.1 Å². The first kappa shape index (κ1) is 20.9. The summed E-state index contributed by atoms with van der Waals surface area (Å²) in [6.07, 6.45) is 0. The van der Waals surface area contributed by atoms with E-state index in [9.17, 15) is 26.9 Å². The monoisotopic (exact) mass is 463 g/mol. The van der Waals surface area contributed by atoms with Crippen LogP contribution >= 0.6 is 0 Å². The molecule has 4 rings (SSSR count). The molecule has 0 fully saturated rings. The van der Waals surface area contributed by atoms with Crippen LogP contribution in [0.5, 0.6) is 0 Å². The molecule has 2 aromatic carbocycles. The van der Waals surface area contributed by atoms with Crippen molar-refractivity contribution >= 4 is 35.4 Å². The molecular weight excluding hydrogens is 446 g/mol. The number of hydrogen-bond acceptors (Lipinski definition) is 10. The van der Waals surface area contributed by atoms with E-state index < -0.39 is 40.8 Å². The molecule has 11 nitrogen and oxygen atoms in total. The number of nitro groups is 1. The van der Waals surface area contributed by atoms with E-state index in [0.717, 1.165) is 0 Å². The fraction of sp³-hybridized carbons (Fsp3) is 0.222. The number of nitrogens with zero attached hydrogens (tertiary/aromatic N) is 3. The Morgan fingerprint density at radius 3 is 2.13 bits per heavy atom. The van der Waals surface area contributed by atoms with Crippen LogP contribution < -0.4 is 10.9 Å². The van der Waals surface area contributed by atoms with Crippen molar-refractivity contribution in [1.82, 2.24) is 10.9 Å². The van der Waals surface area contributed by atoms with E-state index in [-0.39, 0.29) is 28.7 Å². The predicted octanol–water partition coefficient (Wildman–Crippen LogP) is 0.769. The van der Waals surface area contributed by atoms with Crippen LogP contribution in [0.25, 0.3) is 0 Å². The third-order valence-electron chi connectivity index (χ3n) is 5.03. The summed E-state index contributed by atoms with van der Waals surface area (Å²) < 4.78 is 52.8. The van der Waals surface area contributed by atoms with Crippen LogP contribution in [-0.4, -0.2) is 50.2 Å². The molecule has 31 heavy (non-hydrogen) atoms. The highest BCUT2D eigenvalue weighted by Gasteiger charge is 2.47. The Bertz CT molecular complexity index is 1290. The van der Waals surface area contributed by atoms with E-state index in [0.29, 0.717) is 5.56 Å². The summed E-state index contributed by atoms with van der Waals surface area (Å²) in [5, 5.41) is 16.4. The van der Waals surface area contributed by atoms with Crippen molar-refractivity contribution in [2.45, 2.75) is 16.1 Å².